The Morgan fingerprint density at radius 1 is 1.30 bits per heavy atom. The quantitative estimate of drug-likeness (QED) is 0.487. The van der Waals surface area contributed by atoms with Gasteiger partial charge in [-0.2, -0.15) is 5.10 Å². The van der Waals surface area contributed by atoms with Crippen LogP contribution >= 0.6 is 11.8 Å². The highest BCUT2D eigenvalue weighted by Crippen LogP contribution is 2.24. The highest BCUT2D eigenvalue weighted by Gasteiger charge is 2.21. The van der Waals surface area contributed by atoms with E-state index in [0.29, 0.717) is 17.9 Å². The van der Waals surface area contributed by atoms with Crippen LogP contribution in [0.15, 0.2) is 29.2 Å². The molecule has 0 aliphatic rings. The summed E-state index contributed by atoms with van der Waals surface area (Å²) >= 11 is 1.16. The minimum absolute atomic E-state index is 0.0353. The van der Waals surface area contributed by atoms with Crippen LogP contribution in [-0.2, 0) is 6.54 Å². The molecule has 0 unspecified atom stereocenters. The fourth-order valence-corrected chi connectivity index (χ4v) is 2.79. The second-order valence-corrected chi connectivity index (χ2v) is 6.37. The Morgan fingerprint density at radius 2 is 1.91 bits per heavy atom. The summed E-state index contributed by atoms with van der Waals surface area (Å²) < 4.78 is 1.63. The predicted molar refractivity (Wildman–Crippen MR) is 88.8 cm³/mol. The number of nitro groups is 1. The number of rotatable bonds is 4. The summed E-state index contributed by atoms with van der Waals surface area (Å²) in [5.41, 5.74) is 1.98. The average molecular weight is 334 g/mol. The van der Waals surface area contributed by atoms with Crippen molar-refractivity contribution in [2.45, 2.75) is 25.3 Å². The van der Waals surface area contributed by atoms with Crippen LogP contribution in [0.3, 0.4) is 0 Å². The Bertz CT molecular complexity index is 738. The van der Waals surface area contributed by atoms with Gasteiger partial charge in [-0.1, -0.05) is 12.1 Å². The van der Waals surface area contributed by atoms with Gasteiger partial charge in [0.2, 0.25) is 0 Å². The Labute approximate surface area is 138 Å². The summed E-state index contributed by atoms with van der Waals surface area (Å²) in [6.07, 6.45) is 0. The van der Waals surface area contributed by atoms with Crippen molar-refractivity contribution < 1.29 is 9.72 Å². The zero-order valence-electron chi connectivity index (χ0n) is 13.4. The summed E-state index contributed by atoms with van der Waals surface area (Å²) in [6.45, 7) is 3.78. The van der Waals surface area contributed by atoms with Gasteiger partial charge in [-0.05, 0) is 43.3 Å². The molecular formula is C15H18N4O3S. The van der Waals surface area contributed by atoms with Crippen LogP contribution in [0.4, 0.5) is 10.5 Å². The van der Waals surface area contributed by atoms with Crippen LogP contribution < -0.4 is 0 Å². The summed E-state index contributed by atoms with van der Waals surface area (Å²) in [5.74, 6) is 0. The van der Waals surface area contributed by atoms with Gasteiger partial charge in [-0.25, -0.2) is 0 Å². The molecule has 0 saturated carbocycles. The lowest BCUT2D eigenvalue weighted by Crippen LogP contribution is -2.15. The zero-order chi connectivity index (χ0) is 17.1. The molecule has 0 radical (unpaired) electrons. The van der Waals surface area contributed by atoms with E-state index in [2.05, 4.69) is 5.10 Å². The Kier molecular flexibility index (Phi) is 5.05. The molecule has 122 valence electrons. The maximum atomic E-state index is 11.6. The molecule has 8 heteroatoms. The molecule has 0 fully saturated rings. The molecule has 2 aromatic rings. The molecule has 1 aromatic carbocycles. The van der Waals surface area contributed by atoms with Crippen LogP contribution in [0.5, 0.6) is 0 Å². The van der Waals surface area contributed by atoms with Crippen molar-refractivity contribution in [2.75, 3.05) is 14.1 Å². The van der Waals surface area contributed by atoms with Crippen molar-refractivity contribution in [3.63, 3.8) is 0 Å². The molecule has 0 N–H and O–H groups in total. The van der Waals surface area contributed by atoms with Crippen molar-refractivity contribution in [2.24, 2.45) is 0 Å². The number of benzene rings is 1. The smallest absolute Gasteiger partial charge is 0.312 e. The van der Waals surface area contributed by atoms with E-state index < -0.39 is 4.92 Å². The molecule has 23 heavy (non-hydrogen) atoms. The number of carbonyl (C=O) groups excluding carboxylic acids is 1. The molecule has 0 aliphatic heterocycles. The average Bonchev–Trinajstić information content (AvgIpc) is 2.75. The first kappa shape index (κ1) is 17.0. The molecular weight excluding hydrogens is 316 g/mol. The standard InChI is InChI=1S/C15H18N4O3S/c1-10-14(19(21)22)11(2)18(16-10)9-12-5-7-13(8-6-12)23-15(20)17(3)4/h5-8H,9H2,1-4H3. The molecule has 2 rings (SSSR count). The van der Waals surface area contributed by atoms with Crippen LogP contribution in [0.2, 0.25) is 0 Å². The van der Waals surface area contributed by atoms with Crippen molar-refractivity contribution >= 4 is 22.7 Å². The van der Waals surface area contributed by atoms with Gasteiger partial charge in [0.25, 0.3) is 5.24 Å². The number of aromatic nitrogens is 2. The van der Waals surface area contributed by atoms with Gasteiger partial charge in [-0.3, -0.25) is 19.6 Å². The van der Waals surface area contributed by atoms with Crippen LogP contribution in [0.1, 0.15) is 17.0 Å². The molecule has 1 heterocycles. The van der Waals surface area contributed by atoms with Gasteiger partial charge >= 0.3 is 5.69 Å². The molecule has 1 amide bonds. The van der Waals surface area contributed by atoms with E-state index in [1.54, 1.807) is 32.6 Å². The van der Waals surface area contributed by atoms with Crippen LogP contribution in [0.25, 0.3) is 0 Å². The second kappa shape index (κ2) is 6.82. The highest BCUT2D eigenvalue weighted by atomic mass is 32.2. The SMILES string of the molecule is Cc1nn(Cc2ccc(SC(=O)N(C)C)cc2)c(C)c1[N+](=O)[O-]. The van der Waals surface area contributed by atoms with E-state index in [-0.39, 0.29) is 10.9 Å². The van der Waals surface area contributed by atoms with Crippen molar-refractivity contribution in [3.05, 3.63) is 51.3 Å². The summed E-state index contributed by atoms with van der Waals surface area (Å²) in [7, 11) is 3.42. The summed E-state index contributed by atoms with van der Waals surface area (Å²) in [4.78, 5) is 24.6. The second-order valence-electron chi connectivity index (χ2n) is 5.34. The fraction of sp³-hybridized carbons (Fsp3) is 0.333. The number of hydrogen-bond acceptors (Lipinski definition) is 5. The van der Waals surface area contributed by atoms with E-state index in [4.69, 9.17) is 0 Å². The minimum atomic E-state index is -0.402. The van der Waals surface area contributed by atoms with Gasteiger partial charge in [0, 0.05) is 19.0 Å². The van der Waals surface area contributed by atoms with E-state index in [1.165, 1.54) is 4.90 Å². The van der Waals surface area contributed by atoms with Crippen molar-refractivity contribution in [1.29, 1.82) is 0 Å². The number of thioether (sulfide) groups is 1. The first-order chi connectivity index (χ1) is 10.8. The lowest BCUT2D eigenvalue weighted by molar-refractivity contribution is -0.386. The molecule has 0 aliphatic carbocycles. The maximum Gasteiger partial charge on any atom is 0.312 e. The lowest BCUT2D eigenvalue weighted by Gasteiger charge is -2.09. The Morgan fingerprint density at radius 3 is 2.39 bits per heavy atom. The van der Waals surface area contributed by atoms with Crippen LogP contribution in [0, 0.1) is 24.0 Å². The number of carbonyl (C=O) groups is 1. The predicted octanol–water partition coefficient (Wildman–Crippen LogP) is 3.23. The lowest BCUT2D eigenvalue weighted by atomic mass is 10.2. The van der Waals surface area contributed by atoms with Crippen molar-refractivity contribution in [1.82, 2.24) is 14.7 Å². The number of amides is 1. The molecule has 7 nitrogen and oxygen atoms in total. The molecule has 0 spiro atoms. The summed E-state index contributed by atoms with van der Waals surface area (Å²) in [5, 5.41) is 15.2. The largest absolute Gasteiger partial charge is 0.339 e. The summed E-state index contributed by atoms with van der Waals surface area (Å²) in [6, 6.07) is 7.52. The number of hydrogen-bond donors (Lipinski definition) is 0. The van der Waals surface area contributed by atoms with E-state index >= 15 is 0 Å². The van der Waals surface area contributed by atoms with Gasteiger partial charge in [0.15, 0.2) is 0 Å². The van der Waals surface area contributed by atoms with Gasteiger partial charge < -0.3 is 4.90 Å². The van der Waals surface area contributed by atoms with Crippen LogP contribution in [-0.4, -0.2) is 38.9 Å². The Hall–Kier alpha value is -2.35. The number of nitrogens with zero attached hydrogens (tertiary/aromatic N) is 4. The molecule has 0 saturated heterocycles. The monoisotopic (exact) mass is 334 g/mol. The molecule has 1 aromatic heterocycles. The fourth-order valence-electron chi connectivity index (χ4n) is 2.13. The first-order valence-corrected chi connectivity index (χ1v) is 7.77. The third-order valence-electron chi connectivity index (χ3n) is 3.35. The number of aryl methyl sites for hydroxylation is 1. The van der Waals surface area contributed by atoms with Crippen molar-refractivity contribution in [3.8, 4) is 0 Å². The highest BCUT2D eigenvalue weighted by molar-refractivity contribution is 8.13. The van der Waals surface area contributed by atoms with Gasteiger partial charge in [-0.15, -0.1) is 0 Å². The van der Waals surface area contributed by atoms with E-state index in [0.717, 1.165) is 22.2 Å². The third-order valence-corrected chi connectivity index (χ3v) is 4.40. The van der Waals surface area contributed by atoms with E-state index in [1.807, 2.05) is 24.3 Å². The van der Waals surface area contributed by atoms with Gasteiger partial charge in [0.1, 0.15) is 11.4 Å². The molecule has 0 atom stereocenters. The zero-order valence-corrected chi connectivity index (χ0v) is 14.3. The first-order valence-electron chi connectivity index (χ1n) is 6.96. The normalized spacial score (nSPS) is 10.6. The minimum Gasteiger partial charge on any atom is -0.339 e. The van der Waals surface area contributed by atoms with Gasteiger partial charge in [0.05, 0.1) is 11.5 Å². The van der Waals surface area contributed by atoms with E-state index in [9.17, 15) is 14.9 Å². The maximum absolute atomic E-state index is 11.6. The Balaban J connectivity index is 2.14. The topological polar surface area (TPSA) is 81.3 Å². The third kappa shape index (κ3) is 3.89. The molecule has 0 bridgehead atoms.